The molecule has 1 aromatic carbocycles. The molecular formula is C13H19Cl2NO2. The first-order valence-electron chi connectivity index (χ1n) is 5.80. The highest BCUT2D eigenvalue weighted by atomic mass is 35.5. The van der Waals surface area contributed by atoms with Crippen LogP contribution in [0.1, 0.15) is 5.56 Å². The SMILES string of the molecule is COc1ccc(CN(CCCl)CCCl)cc1OC. The van der Waals surface area contributed by atoms with Gasteiger partial charge in [0, 0.05) is 31.4 Å². The molecule has 18 heavy (non-hydrogen) atoms. The van der Waals surface area contributed by atoms with Crippen molar-refractivity contribution >= 4 is 23.2 Å². The number of ether oxygens (including phenoxy) is 2. The van der Waals surface area contributed by atoms with Gasteiger partial charge >= 0.3 is 0 Å². The summed E-state index contributed by atoms with van der Waals surface area (Å²) in [4.78, 5) is 2.21. The van der Waals surface area contributed by atoms with Crippen LogP contribution in [0.3, 0.4) is 0 Å². The van der Waals surface area contributed by atoms with Crippen LogP contribution in [0.5, 0.6) is 11.5 Å². The van der Waals surface area contributed by atoms with Gasteiger partial charge in [-0.2, -0.15) is 0 Å². The van der Waals surface area contributed by atoms with Crippen molar-refractivity contribution in [3.63, 3.8) is 0 Å². The number of benzene rings is 1. The van der Waals surface area contributed by atoms with Gasteiger partial charge in [0.1, 0.15) is 0 Å². The van der Waals surface area contributed by atoms with Crippen LogP contribution in [0.25, 0.3) is 0 Å². The molecule has 0 aliphatic heterocycles. The van der Waals surface area contributed by atoms with E-state index in [-0.39, 0.29) is 0 Å². The molecule has 0 atom stereocenters. The Morgan fingerprint density at radius 3 is 2.11 bits per heavy atom. The maximum atomic E-state index is 5.78. The van der Waals surface area contributed by atoms with Crippen LogP contribution in [0.2, 0.25) is 0 Å². The van der Waals surface area contributed by atoms with E-state index in [1.165, 1.54) is 0 Å². The molecule has 0 aliphatic rings. The fourth-order valence-electron chi connectivity index (χ4n) is 1.75. The molecule has 3 nitrogen and oxygen atoms in total. The lowest BCUT2D eigenvalue weighted by Gasteiger charge is -2.20. The van der Waals surface area contributed by atoms with Crippen molar-refractivity contribution in [2.45, 2.75) is 6.54 Å². The molecule has 1 rings (SSSR count). The summed E-state index contributed by atoms with van der Waals surface area (Å²) < 4.78 is 10.5. The Hall–Kier alpha value is -0.640. The molecule has 0 aromatic heterocycles. The fourth-order valence-corrected chi connectivity index (χ4v) is 2.22. The van der Waals surface area contributed by atoms with Crippen LogP contribution in [0, 0.1) is 0 Å². The Balaban J connectivity index is 2.76. The molecule has 5 heteroatoms. The van der Waals surface area contributed by atoms with Crippen molar-refractivity contribution in [2.24, 2.45) is 0 Å². The molecule has 0 radical (unpaired) electrons. The zero-order valence-electron chi connectivity index (χ0n) is 10.8. The van der Waals surface area contributed by atoms with Crippen LogP contribution in [0.15, 0.2) is 18.2 Å². The molecule has 0 bridgehead atoms. The maximum absolute atomic E-state index is 5.78. The van der Waals surface area contributed by atoms with Crippen molar-refractivity contribution in [1.29, 1.82) is 0 Å². The van der Waals surface area contributed by atoms with Crippen LogP contribution in [-0.4, -0.2) is 44.0 Å². The lowest BCUT2D eigenvalue weighted by molar-refractivity contribution is 0.298. The zero-order chi connectivity index (χ0) is 13.4. The van der Waals surface area contributed by atoms with E-state index in [0.717, 1.165) is 36.7 Å². The Kier molecular flexibility index (Phi) is 7.25. The van der Waals surface area contributed by atoms with E-state index in [1.807, 2.05) is 18.2 Å². The smallest absolute Gasteiger partial charge is 0.161 e. The average Bonchev–Trinajstić information content (AvgIpc) is 2.39. The summed E-state index contributed by atoms with van der Waals surface area (Å²) in [5.41, 5.74) is 1.16. The van der Waals surface area contributed by atoms with E-state index in [9.17, 15) is 0 Å². The standard InChI is InChI=1S/C13H19Cl2NO2/c1-17-12-4-3-11(9-13(12)18-2)10-16(7-5-14)8-6-15/h3-4,9H,5-8,10H2,1-2H3. The molecule has 102 valence electrons. The molecule has 0 fully saturated rings. The maximum Gasteiger partial charge on any atom is 0.161 e. The summed E-state index contributed by atoms with van der Waals surface area (Å²) in [6, 6.07) is 5.92. The van der Waals surface area contributed by atoms with Gasteiger partial charge in [0.2, 0.25) is 0 Å². The summed E-state index contributed by atoms with van der Waals surface area (Å²) in [6.45, 7) is 2.45. The summed E-state index contributed by atoms with van der Waals surface area (Å²) >= 11 is 11.6. The third kappa shape index (κ3) is 4.56. The molecule has 0 saturated carbocycles. The first-order valence-corrected chi connectivity index (χ1v) is 6.87. The van der Waals surface area contributed by atoms with Gasteiger partial charge in [-0.25, -0.2) is 0 Å². The van der Waals surface area contributed by atoms with Crippen molar-refractivity contribution in [3.05, 3.63) is 23.8 Å². The van der Waals surface area contributed by atoms with Crippen LogP contribution < -0.4 is 9.47 Å². The van der Waals surface area contributed by atoms with Crippen LogP contribution in [0.4, 0.5) is 0 Å². The van der Waals surface area contributed by atoms with Gasteiger partial charge in [-0.3, -0.25) is 4.90 Å². The molecular weight excluding hydrogens is 273 g/mol. The van der Waals surface area contributed by atoms with E-state index < -0.39 is 0 Å². The predicted octanol–water partition coefficient (Wildman–Crippen LogP) is 2.98. The normalized spacial score (nSPS) is 10.7. The monoisotopic (exact) mass is 291 g/mol. The lowest BCUT2D eigenvalue weighted by Crippen LogP contribution is -2.27. The summed E-state index contributed by atoms with van der Waals surface area (Å²) in [5.74, 6) is 2.68. The van der Waals surface area contributed by atoms with Gasteiger partial charge in [0.25, 0.3) is 0 Å². The van der Waals surface area contributed by atoms with Gasteiger partial charge < -0.3 is 9.47 Å². The van der Waals surface area contributed by atoms with Crippen LogP contribution in [-0.2, 0) is 6.54 Å². The fraction of sp³-hybridized carbons (Fsp3) is 0.538. The predicted molar refractivity (Wildman–Crippen MR) is 76.3 cm³/mol. The highest BCUT2D eigenvalue weighted by Crippen LogP contribution is 2.27. The van der Waals surface area contributed by atoms with E-state index >= 15 is 0 Å². The number of hydrogen-bond acceptors (Lipinski definition) is 3. The second-order valence-corrected chi connectivity index (χ2v) is 4.60. The average molecular weight is 292 g/mol. The summed E-state index contributed by atoms with van der Waals surface area (Å²) in [6.07, 6.45) is 0. The van der Waals surface area contributed by atoms with Gasteiger partial charge in [-0.15, -0.1) is 23.2 Å². The Morgan fingerprint density at radius 1 is 1.00 bits per heavy atom. The zero-order valence-corrected chi connectivity index (χ0v) is 12.3. The molecule has 1 aromatic rings. The molecule has 0 unspecified atom stereocenters. The number of methoxy groups -OCH3 is 2. The highest BCUT2D eigenvalue weighted by Gasteiger charge is 2.08. The first-order chi connectivity index (χ1) is 8.74. The first kappa shape index (κ1) is 15.4. The number of halogens is 2. The minimum absolute atomic E-state index is 0.601. The minimum atomic E-state index is 0.601. The van der Waals surface area contributed by atoms with E-state index in [2.05, 4.69) is 4.90 Å². The van der Waals surface area contributed by atoms with Crippen molar-refractivity contribution in [2.75, 3.05) is 39.1 Å². The van der Waals surface area contributed by atoms with E-state index in [0.29, 0.717) is 11.8 Å². The Labute approximate surface area is 119 Å². The summed E-state index contributed by atoms with van der Waals surface area (Å²) in [5, 5.41) is 0. The quantitative estimate of drug-likeness (QED) is 0.688. The number of rotatable bonds is 8. The van der Waals surface area contributed by atoms with Gasteiger partial charge in [-0.05, 0) is 17.7 Å². The molecule has 0 heterocycles. The highest BCUT2D eigenvalue weighted by molar-refractivity contribution is 6.18. The minimum Gasteiger partial charge on any atom is -0.493 e. The molecule has 0 saturated heterocycles. The van der Waals surface area contributed by atoms with Gasteiger partial charge in [0.05, 0.1) is 14.2 Å². The van der Waals surface area contributed by atoms with Gasteiger partial charge in [-0.1, -0.05) is 6.07 Å². The topological polar surface area (TPSA) is 21.7 Å². The number of nitrogens with zero attached hydrogens (tertiary/aromatic N) is 1. The van der Waals surface area contributed by atoms with Crippen molar-refractivity contribution < 1.29 is 9.47 Å². The Morgan fingerprint density at radius 2 is 1.61 bits per heavy atom. The third-order valence-electron chi connectivity index (χ3n) is 2.66. The van der Waals surface area contributed by atoms with E-state index in [4.69, 9.17) is 32.7 Å². The van der Waals surface area contributed by atoms with Crippen LogP contribution >= 0.6 is 23.2 Å². The Bertz CT molecular complexity index is 355. The second-order valence-electron chi connectivity index (χ2n) is 3.84. The van der Waals surface area contributed by atoms with Crippen molar-refractivity contribution in [3.8, 4) is 11.5 Å². The number of alkyl halides is 2. The molecule has 0 amide bonds. The lowest BCUT2D eigenvalue weighted by atomic mass is 10.2. The van der Waals surface area contributed by atoms with E-state index in [1.54, 1.807) is 14.2 Å². The second kappa shape index (κ2) is 8.46. The largest absolute Gasteiger partial charge is 0.493 e. The number of hydrogen-bond donors (Lipinski definition) is 0. The molecule has 0 spiro atoms. The summed E-state index contributed by atoms with van der Waals surface area (Å²) in [7, 11) is 3.27. The molecule has 0 N–H and O–H groups in total. The van der Waals surface area contributed by atoms with Crippen molar-refractivity contribution in [1.82, 2.24) is 4.90 Å². The van der Waals surface area contributed by atoms with Gasteiger partial charge in [0.15, 0.2) is 11.5 Å². The molecule has 0 aliphatic carbocycles. The third-order valence-corrected chi connectivity index (χ3v) is 2.99.